The number of carbonyl (C=O) groups excluding carboxylic acids is 1. The first kappa shape index (κ1) is 12.9. The lowest BCUT2D eigenvalue weighted by atomic mass is 10.1. The highest BCUT2D eigenvalue weighted by Gasteiger charge is 2.24. The van der Waals surface area contributed by atoms with Gasteiger partial charge in [-0.2, -0.15) is 0 Å². The van der Waals surface area contributed by atoms with Crippen LogP contribution in [0.5, 0.6) is 0 Å². The van der Waals surface area contributed by atoms with Crippen molar-refractivity contribution >= 4 is 11.9 Å². The Morgan fingerprint density at radius 2 is 2.00 bits per heavy atom. The number of nitrogens with zero attached hydrogens (tertiary/aromatic N) is 2. The first-order chi connectivity index (χ1) is 9.63. The van der Waals surface area contributed by atoms with Crippen molar-refractivity contribution in [3.05, 3.63) is 17.6 Å². The fourth-order valence-electron chi connectivity index (χ4n) is 2.62. The molecule has 3 rings (SSSR count). The van der Waals surface area contributed by atoms with Crippen LogP contribution in [0.1, 0.15) is 37.2 Å². The molecule has 0 spiro atoms. The molecule has 1 amide bonds. The predicted octanol–water partition coefficient (Wildman–Crippen LogP) is 3.08. The molecular weight excluding hydrogens is 258 g/mol. The van der Waals surface area contributed by atoms with Crippen LogP contribution >= 0.6 is 0 Å². The summed E-state index contributed by atoms with van der Waals surface area (Å²) in [6.45, 7) is 3.69. The Hall–Kier alpha value is -2.11. The van der Waals surface area contributed by atoms with Crippen LogP contribution in [0.25, 0.3) is 11.5 Å². The molecule has 6 nitrogen and oxygen atoms in total. The van der Waals surface area contributed by atoms with Gasteiger partial charge in [-0.05, 0) is 32.8 Å². The summed E-state index contributed by atoms with van der Waals surface area (Å²) in [5.74, 6) is 1.91. The molecule has 0 atom stereocenters. The summed E-state index contributed by atoms with van der Waals surface area (Å²) >= 11 is 0. The SMILES string of the molecule is Cc1cc(-c2nnc(NC(=O)C3CCCC3)o2)c(C)o1. The third-order valence-electron chi connectivity index (χ3n) is 3.65. The van der Waals surface area contributed by atoms with Crippen LogP contribution in [0.2, 0.25) is 0 Å². The molecule has 2 aromatic heterocycles. The maximum Gasteiger partial charge on any atom is 0.322 e. The summed E-state index contributed by atoms with van der Waals surface area (Å²) < 4.78 is 10.9. The number of rotatable bonds is 3. The molecule has 0 aliphatic heterocycles. The van der Waals surface area contributed by atoms with Crippen molar-refractivity contribution in [2.75, 3.05) is 5.32 Å². The van der Waals surface area contributed by atoms with Gasteiger partial charge in [0.1, 0.15) is 11.5 Å². The van der Waals surface area contributed by atoms with Crippen LogP contribution in [0.4, 0.5) is 6.01 Å². The number of aromatic nitrogens is 2. The van der Waals surface area contributed by atoms with Crippen molar-refractivity contribution in [2.45, 2.75) is 39.5 Å². The molecule has 0 bridgehead atoms. The Balaban J connectivity index is 1.73. The number of furan rings is 1. The lowest BCUT2D eigenvalue weighted by Crippen LogP contribution is -2.20. The van der Waals surface area contributed by atoms with E-state index in [2.05, 4.69) is 15.5 Å². The van der Waals surface area contributed by atoms with E-state index in [9.17, 15) is 4.79 Å². The van der Waals surface area contributed by atoms with E-state index in [1.54, 1.807) is 0 Å². The van der Waals surface area contributed by atoms with Gasteiger partial charge in [-0.1, -0.05) is 17.9 Å². The number of aryl methyl sites for hydroxylation is 2. The minimum Gasteiger partial charge on any atom is -0.466 e. The standard InChI is InChI=1S/C14H17N3O3/c1-8-7-11(9(2)19-8)13-16-17-14(20-13)15-12(18)10-5-3-4-6-10/h7,10H,3-6H2,1-2H3,(H,15,17,18). The van der Waals surface area contributed by atoms with Crippen molar-refractivity contribution in [1.82, 2.24) is 10.2 Å². The molecule has 106 valence electrons. The zero-order valence-corrected chi connectivity index (χ0v) is 11.6. The van der Waals surface area contributed by atoms with Crippen LogP contribution in [0, 0.1) is 19.8 Å². The molecule has 1 aliphatic carbocycles. The molecule has 2 aromatic rings. The van der Waals surface area contributed by atoms with Gasteiger partial charge in [0.25, 0.3) is 5.89 Å². The summed E-state index contributed by atoms with van der Waals surface area (Å²) in [5, 5.41) is 10.5. The maximum absolute atomic E-state index is 12.0. The molecule has 0 aromatic carbocycles. The van der Waals surface area contributed by atoms with Crippen LogP contribution in [0.15, 0.2) is 14.9 Å². The second-order valence-electron chi connectivity index (χ2n) is 5.21. The first-order valence-electron chi connectivity index (χ1n) is 6.85. The smallest absolute Gasteiger partial charge is 0.322 e. The monoisotopic (exact) mass is 275 g/mol. The van der Waals surface area contributed by atoms with E-state index in [0.29, 0.717) is 5.89 Å². The molecular formula is C14H17N3O3. The predicted molar refractivity (Wildman–Crippen MR) is 72.1 cm³/mol. The Morgan fingerprint density at radius 1 is 1.25 bits per heavy atom. The average molecular weight is 275 g/mol. The van der Waals surface area contributed by atoms with Crippen molar-refractivity contribution in [3.63, 3.8) is 0 Å². The Bertz CT molecular complexity index is 623. The molecule has 20 heavy (non-hydrogen) atoms. The summed E-state index contributed by atoms with van der Waals surface area (Å²) in [5.41, 5.74) is 0.761. The summed E-state index contributed by atoms with van der Waals surface area (Å²) in [6.07, 6.45) is 4.10. The molecule has 0 radical (unpaired) electrons. The van der Waals surface area contributed by atoms with Gasteiger partial charge in [0.15, 0.2) is 0 Å². The van der Waals surface area contributed by atoms with Gasteiger partial charge < -0.3 is 8.83 Å². The van der Waals surface area contributed by atoms with Gasteiger partial charge in [0.05, 0.1) is 5.56 Å². The average Bonchev–Trinajstić information content (AvgIpc) is 3.10. The van der Waals surface area contributed by atoms with E-state index >= 15 is 0 Å². The topological polar surface area (TPSA) is 81.2 Å². The molecule has 2 heterocycles. The van der Waals surface area contributed by atoms with Crippen LogP contribution in [-0.2, 0) is 4.79 Å². The lowest BCUT2D eigenvalue weighted by molar-refractivity contribution is -0.119. The highest BCUT2D eigenvalue weighted by atomic mass is 16.4. The number of anilines is 1. The molecule has 6 heteroatoms. The Morgan fingerprint density at radius 3 is 2.65 bits per heavy atom. The highest BCUT2D eigenvalue weighted by molar-refractivity contribution is 5.90. The third kappa shape index (κ3) is 2.45. The number of carbonyl (C=O) groups is 1. The van der Waals surface area contributed by atoms with Gasteiger partial charge in [0, 0.05) is 5.92 Å². The molecule has 1 N–H and O–H groups in total. The van der Waals surface area contributed by atoms with Crippen molar-refractivity contribution < 1.29 is 13.6 Å². The first-order valence-corrected chi connectivity index (χ1v) is 6.85. The van der Waals surface area contributed by atoms with E-state index in [1.807, 2.05) is 19.9 Å². The van der Waals surface area contributed by atoms with Gasteiger partial charge in [0.2, 0.25) is 5.91 Å². The van der Waals surface area contributed by atoms with Crippen molar-refractivity contribution in [1.29, 1.82) is 0 Å². The number of hydrogen-bond donors (Lipinski definition) is 1. The van der Waals surface area contributed by atoms with E-state index in [-0.39, 0.29) is 17.8 Å². The highest BCUT2D eigenvalue weighted by Crippen LogP contribution is 2.28. The van der Waals surface area contributed by atoms with Crippen molar-refractivity contribution in [2.24, 2.45) is 5.92 Å². The van der Waals surface area contributed by atoms with E-state index < -0.39 is 0 Å². The second-order valence-corrected chi connectivity index (χ2v) is 5.21. The zero-order valence-electron chi connectivity index (χ0n) is 11.6. The zero-order chi connectivity index (χ0) is 14.1. The maximum atomic E-state index is 12.0. The van der Waals surface area contributed by atoms with Crippen LogP contribution in [0.3, 0.4) is 0 Å². The summed E-state index contributed by atoms with van der Waals surface area (Å²) in [6, 6.07) is 1.99. The van der Waals surface area contributed by atoms with Gasteiger partial charge in [-0.15, -0.1) is 5.10 Å². The van der Waals surface area contributed by atoms with Crippen molar-refractivity contribution in [3.8, 4) is 11.5 Å². The number of nitrogens with one attached hydrogen (secondary N) is 1. The largest absolute Gasteiger partial charge is 0.466 e. The fourth-order valence-corrected chi connectivity index (χ4v) is 2.62. The molecule has 0 unspecified atom stereocenters. The quantitative estimate of drug-likeness (QED) is 0.930. The van der Waals surface area contributed by atoms with E-state index in [0.717, 1.165) is 42.8 Å². The molecule has 1 saturated carbocycles. The Kier molecular flexibility index (Phi) is 3.30. The van der Waals surface area contributed by atoms with Crippen LogP contribution < -0.4 is 5.32 Å². The lowest BCUT2D eigenvalue weighted by Gasteiger charge is -2.06. The van der Waals surface area contributed by atoms with Gasteiger partial charge in [-0.25, -0.2) is 0 Å². The Labute approximate surface area is 116 Å². The third-order valence-corrected chi connectivity index (χ3v) is 3.65. The van der Waals surface area contributed by atoms with Gasteiger partial charge >= 0.3 is 6.01 Å². The summed E-state index contributed by atoms with van der Waals surface area (Å²) in [7, 11) is 0. The van der Waals surface area contributed by atoms with E-state index in [4.69, 9.17) is 8.83 Å². The number of hydrogen-bond acceptors (Lipinski definition) is 5. The minimum atomic E-state index is -0.0298. The molecule has 0 saturated heterocycles. The van der Waals surface area contributed by atoms with Gasteiger partial charge in [-0.3, -0.25) is 10.1 Å². The number of amides is 1. The minimum absolute atomic E-state index is 0.0298. The summed E-state index contributed by atoms with van der Waals surface area (Å²) in [4.78, 5) is 12.0. The van der Waals surface area contributed by atoms with Crippen LogP contribution in [-0.4, -0.2) is 16.1 Å². The normalized spacial score (nSPS) is 15.7. The fraction of sp³-hybridized carbons (Fsp3) is 0.500. The molecule has 1 fully saturated rings. The molecule has 1 aliphatic rings. The van der Waals surface area contributed by atoms with E-state index in [1.165, 1.54) is 0 Å². The second kappa shape index (κ2) is 5.11.